The molecule has 0 spiro atoms. The third-order valence-electron chi connectivity index (χ3n) is 7.00. The standard InChI is InChI=1S/C24H22F5N3O2/c25-17-3-6-19(20(26)7-17)23(33,12-32-15-30-14-31-32)11-21-8-22(9-21,10-21)16-1-4-18(5-2-16)34-13-24(27,28)29/h1-7,14-15,33H,8-13H2. The molecule has 180 valence electrons. The fraction of sp³-hybridized carbons (Fsp3) is 0.417. The number of benzene rings is 2. The molecule has 2 aromatic carbocycles. The SMILES string of the molecule is OC(Cn1cncn1)(CC12CC(c3ccc(OCC(F)(F)F)cc3)(C1)C2)c1ccc(F)cc1F. The van der Waals surface area contributed by atoms with Gasteiger partial charge in [-0.1, -0.05) is 18.2 Å². The van der Waals surface area contributed by atoms with E-state index in [0.717, 1.165) is 37.0 Å². The lowest BCUT2D eigenvalue weighted by molar-refractivity contribution is -0.188. The minimum Gasteiger partial charge on any atom is -0.484 e. The Morgan fingerprint density at radius 2 is 1.74 bits per heavy atom. The van der Waals surface area contributed by atoms with Crippen LogP contribution in [0.2, 0.25) is 0 Å². The predicted octanol–water partition coefficient (Wildman–Crippen LogP) is 4.90. The van der Waals surface area contributed by atoms with Crippen LogP contribution in [-0.2, 0) is 17.6 Å². The molecular weight excluding hydrogens is 457 g/mol. The molecule has 0 saturated heterocycles. The van der Waals surface area contributed by atoms with Crippen molar-refractivity contribution < 1.29 is 31.8 Å². The molecule has 3 saturated carbocycles. The largest absolute Gasteiger partial charge is 0.484 e. The predicted molar refractivity (Wildman–Crippen MR) is 111 cm³/mol. The van der Waals surface area contributed by atoms with Crippen molar-refractivity contribution in [1.82, 2.24) is 14.8 Å². The van der Waals surface area contributed by atoms with E-state index in [1.807, 2.05) is 0 Å². The van der Waals surface area contributed by atoms with Gasteiger partial charge in [-0.3, -0.25) is 0 Å². The number of hydrogen-bond donors (Lipinski definition) is 1. The Labute approximate surface area is 192 Å². The second kappa shape index (κ2) is 7.76. The maximum absolute atomic E-state index is 14.7. The highest BCUT2D eigenvalue weighted by Gasteiger charge is 2.69. The molecule has 1 atom stereocenters. The Morgan fingerprint density at radius 1 is 1.03 bits per heavy atom. The average Bonchev–Trinajstić information content (AvgIpc) is 3.20. The zero-order chi connectivity index (χ0) is 24.2. The molecule has 5 nitrogen and oxygen atoms in total. The van der Waals surface area contributed by atoms with Gasteiger partial charge in [0.15, 0.2) is 6.61 Å². The summed E-state index contributed by atoms with van der Waals surface area (Å²) >= 11 is 0. The van der Waals surface area contributed by atoms with Gasteiger partial charge in [-0.2, -0.15) is 18.3 Å². The van der Waals surface area contributed by atoms with Crippen LogP contribution < -0.4 is 4.74 Å². The maximum Gasteiger partial charge on any atom is 0.422 e. The minimum atomic E-state index is -4.40. The van der Waals surface area contributed by atoms with Crippen molar-refractivity contribution in [2.24, 2.45) is 5.41 Å². The summed E-state index contributed by atoms with van der Waals surface area (Å²) in [4.78, 5) is 3.88. The van der Waals surface area contributed by atoms with Gasteiger partial charge in [0.05, 0.1) is 6.54 Å². The minimum absolute atomic E-state index is 0.00865. The van der Waals surface area contributed by atoms with Crippen LogP contribution in [0.15, 0.2) is 55.1 Å². The number of halogens is 5. The summed E-state index contributed by atoms with van der Waals surface area (Å²) in [7, 11) is 0. The number of alkyl halides is 3. The molecule has 3 fully saturated rings. The Hall–Kier alpha value is -3.01. The molecule has 0 amide bonds. The van der Waals surface area contributed by atoms with Gasteiger partial charge in [0, 0.05) is 11.6 Å². The van der Waals surface area contributed by atoms with Gasteiger partial charge in [-0.25, -0.2) is 18.4 Å². The highest BCUT2D eigenvalue weighted by Crippen LogP contribution is 2.76. The zero-order valence-electron chi connectivity index (χ0n) is 18.0. The van der Waals surface area contributed by atoms with Gasteiger partial charge in [0.2, 0.25) is 0 Å². The van der Waals surface area contributed by atoms with E-state index in [2.05, 4.69) is 10.1 Å². The summed E-state index contributed by atoms with van der Waals surface area (Å²) in [5.74, 6) is -1.40. The molecule has 0 aliphatic heterocycles. The van der Waals surface area contributed by atoms with E-state index in [-0.39, 0.29) is 35.1 Å². The quantitative estimate of drug-likeness (QED) is 0.467. The molecule has 0 radical (unpaired) electrons. The molecule has 10 heteroatoms. The lowest BCUT2D eigenvalue weighted by atomic mass is 9.32. The number of hydrogen-bond acceptors (Lipinski definition) is 4. The lowest BCUT2D eigenvalue weighted by Gasteiger charge is -2.72. The molecule has 2 bridgehead atoms. The molecule has 34 heavy (non-hydrogen) atoms. The summed E-state index contributed by atoms with van der Waals surface area (Å²) < 4.78 is 71.4. The van der Waals surface area contributed by atoms with Gasteiger partial charge < -0.3 is 9.84 Å². The first kappa shape index (κ1) is 22.8. The van der Waals surface area contributed by atoms with E-state index in [1.54, 1.807) is 12.1 Å². The highest BCUT2D eigenvalue weighted by atomic mass is 19.4. The number of nitrogens with zero attached hydrogens (tertiary/aromatic N) is 3. The zero-order valence-corrected chi connectivity index (χ0v) is 18.0. The summed E-state index contributed by atoms with van der Waals surface area (Å²) in [6.07, 6.45) is 0.877. The smallest absolute Gasteiger partial charge is 0.422 e. The number of aliphatic hydroxyl groups is 1. The van der Waals surface area contributed by atoms with Gasteiger partial charge in [0.25, 0.3) is 0 Å². The van der Waals surface area contributed by atoms with Crippen molar-refractivity contribution in [2.75, 3.05) is 6.61 Å². The highest BCUT2D eigenvalue weighted by molar-refractivity contribution is 5.42. The van der Waals surface area contributed by atoms with Crippen LogP contribution in [0.1, 0.15) is 36.8 Å². The molecular formula is C24H22F5N3O2. The third-order valence-corrected chi connectivity index (χ3v) is 7.00. The van der Waals surface area contributed by atoms with Crippen molar-refractivity contribution in [3.05, 3.63) is 77.9 Å². The lowest BCUT2D eigenvalue weighted by Crippen LogP contribution is -2.66. The normalized spacial score (nSPS) is 25.2. The van der Waals surface area contributed by atoms with E-state index < -0.39 is 30.0 Å². The molecule has 1 heterocycles. The average molecular weight is 479 g/mol. The molecule has 6 rings (SSSR count). The van der Waals surface area contributed by atoms with Crippen LogP contribution in [0.5, 0.6) is 5.75 Å². The third kappa shape index (κ3) is 4.15. The van der Waals surface area contributed by atoms with E-state index in [9.17, 15) is 27.1 Å². The van der Waals surface area contributed by atoms with Gasteiger partial charge >= 0.3 is 6.18 Å². The van der Waals surface area contributed by atoms with Gasteiger partial charge in [0.1, 0.15) is 35.6 Å². The van der Waals surface area contributed by atoms with E-state index in [0.29, 0.717) is 0 Å². The van der Waals surface area contributed by atoms with Crippen molar-refractivity contribution >= 4 is 0 Å². The van der Waals surface area contributed by atoms with Crippen molar-refractivity contribution in [1.29, 1.82) is 0 Å². The van der Waals surface area contributed by atoms with Crippen molar-refractivity contribution in [2.45, 2.75) is 49.4 Å². The summed E-state index contributed by atoms with van der Waals surface area (Å²) in [5.41, 5.74) is -0.941. The summed E-state index contributed by atoms with van der Waals surface area (Å²) in [6.45, 7) is -1.37. The van der Waals surface area contributed by atoms with E-state index in [4.69, 9.17) is 4.74 Å². The van der Waals surface area contributed by atoms with E-state index in [1.165, 1.54) is 35.5 Å². The second-order valence-electron chi connectivity index (χ2n) is 9.66. The van der Waals surface area contributed by atoms with Gasteiger partial charge in [-0.15, -0.1) is 0 Å². The topological polar surface area (TPSA) is 60.2 Å². The van der Waals surface area contributed by atoms with Crippen molar-refractivity contribution in [3.8, 4) is 5.75 Å². The van der Waals surface area contributed by atoms with Crippen LogP contribution >= 0.6 is 0 Å². The van der Waals surface area contributed by atoms with Crippen LogP contribution in [0.25, 0.3) is 0 Å². The second-order valence-corrected chi connectivity index (χ2v) is 9.66. The van der Waals surface area contributed by atoms with Crippen LogP contribution in [0.3, 0.4) is 0 Å². The Bertz CT molecular complexity index is 1160. The Morgan fingerprint density at radius 3 is 2.32 bits per heavy atom. The monoisotopic (exact) mass is 479 g/mol. The maximum atomic E-state index is 14.7. The Balaban J connectivity index is 1.30. The first-order chi connectivity index (χ1) is 16.0. The van der Waals surface area contributed by atoms with Crippen LogP contribution in [0, 0.1) is 17.0 Å². The molecule has 1 unspecified atom stereocenters. The van der Waals surface area contributed by atoms with Crippen LogP contribution in [0.4, 0.5) is 22.0 Å². The fourth-order valence-corrected chi connectivity index (χ4v) is 5.87. The van der Waals surface area contributed by atoms with Gasteiger partial charge in [-0.05, 0) is 60.3 Å². The van der Waals surface area contributed by atoms with Crippen molar-refractivity contribution in [3.63, 3.8) is 0 Å². The van der Waals surface area contributed by atoms with E-state index >= 15 is 0 Å². The van der Waals surface area contributed by atoms with Crippen LogP contribution in [-0.4, -0.2) is 32.7 Å². The summed E-state index contributed by atoms with van der Waals surface area (Å²) in [5, 5.41) is 15.6. The molecule has 3 aliphatic carbocycles. The first-order valence-electron chi connectivity index (χ1n) is 10.8. The molecule has 1 N–H and O–H groups in total. The number of aromatic nitrogens is 3. The number of ether oxygens (including phenoxy) is 1. The Kier molecular flexibility index (Phi) is 5.20. The molecule has 3 aromatic rings. The molecule has 1 aromatic heterocycles. The molecule has 3 aliphatic rings. The summed E-state index contributed by atoms with van der Waals surface area (Å²) in [6, 6.07) is 9.75. The fourth-order valence-electron chi connectivity index (χ4n) is 5.87. The first-order valence-corrected chi connectivity index (χ1v) is 10.8. The number of rotatable bonds is 8.